The SMILES string of the molecule is CC1CCCCN1S(=O)(=O)Nc1cnccc1C(=O)O. The van der Waals surface area contributed by atoms with E-state index in [0.717, 1.165) is 19.3 Å². The zero-order valence-corrected chi connectivity index (χ0v) is 11.9. The number of rotatable bonds is 4. The molecule has 0 saturated carbocycles. The van der Waals surface area contributed by atoms with Crippen molar-refractivity contribution in [1.29, 1.82) is 0 Å². The maximum Gasteiger partial charge on any atom is 0.337 e. The molecule has 20 heavy (non-hydrogen) atoms. The van der Waals surface area contributed by atoms with Gasteiger partial charge in [-0.25, -0.2) is 4.79 Å². The van der Waals surface area contributed by atoms with Gasteiger partial charge < -0.3 is 5.11 Å². The van der Waals surface area contributed by atoms with Gasteiger partial charge in [-0.3, -0.25) is 9.71 Å². The van der Waals surface area contributed by atoms with Crippen LogP contribution >= 0.6 is 0 Å². The summed E-state index contributed by atoms with van der Waals surface area (Å²) in [6.45, 7) is 2.29. The van der Waals surface area contributed by atoms with Crippen LogP contribution in [0, 0.1) is 0 Å². The molecule has 0 radical (unpaired) electrons. The molecule has 2 heterocycles. The van der Waals surface area contributed by atoms with Crippen LogP contribution in [0.15, 0.2) is 18.5 Å². The van der Waals surface area contributed by atoms with Gasteiger partial charge in [0.2, 0.25) is 0 Å². The van der Waals surface area contributed by atoms with Crippen LogP contribution in [0.4, 0.5) is 5.69 Å². The highest BCUT2D eigenvalue weighted by Crippen LogP contribution is 2.22. The van der Waals surface area contributed by atoms with Crippen LogP contribution in [0.5, 0.6) is 0 Å². The molecule has 1 aliphatic rings. The Kier molecular flexibility index (Phi) is 4.24. The van der Waals surface area contributed by atoms with Gasteiger partial charge in [0.15, 0.2) is 0 Å². The predicted molar refractivity (Wildman–Crippen MR) is 73.8 cm³/mol. The molecule has 0 amide bonds. The topological polar surface area (TPSA) is 99.6 Å². The normalized spacial score (nSPS) is 20.6. The summed E-state index contributed by atoms with van der Waals surface area (Å²) in [6.07, 6.45) is 5.13. The molecule has 1 aromatic heterocycles. The zero-order chi connectivity index (χ0) is 14.8. The van der Waals surface area contributed by atoms with Crippen molar-refractivity contribution in [2.45, 2.75) is 32.2 Å². The lowest BCUT2D eigenvalue weighted by Crippen LogP contribution is -2.45. The first kappa shape index (κ1) is 14.7. The summed E-state index contributed by atoms with van der Waals surface area (Å²) >= 11 is 0. The van der Waals surface area contributed by atoms with E-state index in [4.69, 9.17) is 5.11 Å². The molecule has 1 aromatic rings. The average molecular weight is 299 g/mol. The maximum atomic E-state index is 12.3. The highest BCUT2D eigenvalue weighted by molar-refractivity contribution is 7.90. The number of pyridine rings is 1. The summed E-state index contributed by atoms with van der Waals surface area (Å²) in [5, 5.41) is 9.05. The predicted octanol–water partition coefficient (Wildman–Crippen LogP) is 1.31. The quantitative estimate of drug-likeness (QED) is 0.873. The summed E-state index contributed by atoms with van der Waals surface area (Å²) in [5.74, 6) is -1.20. The van der Waals surface area contributed by atoms with Gasteiger partial charge in [-0.15, -0.1) is 0 Å². The van der Waals surface area contributed by atoms with E-state index in [0.29, 0.717) is 6.54 Å². The van der Waals surface area contributed by atoms with Gasteiger partial charge in [0, 0.05) is 18.8 Å². The van der Waals surface area contributed by atoms with Gasteiger partial charge in [-0.1, -0.05) is 6.42 Å². The molecule has 0 aromatic carbocycles. The third-order valence-electron chi connectivity index (χ3n) is 3.34. The Morgan fingerprint density at radius 3 is 2.90 bits per heavy atom. The minimum atomic E-state index is -3.76. The second-order valence-electron chi connectivity index (χ2n) is 4.79. The molecule has 0 spiro atoms. The lowest BCUT2D eigenvalue weighted by molar-refractivity contribution is 0.0698. The van der Waals surface area contributed by atoms with Gasteiger partial charge in [0.25, 0.3) is 0 Å². The Bertz CT molecular complexity index is 602. The van der Waals surface area contributed by atoms with Crippen LogP contribution < -0.4 is 4.72 Å². The van der Waals surface area contributed by atoms with Crippen molar-refractivity contribution in [2.24, 2.45) is 0 Å². The molecular weight excluding hydrogens is 282 g/mol. The fraction of sp³-hybridized carbons (Fsp3) is 0.500. The molecule has 7 nitrogen and oxygen atoms in total. The number of carbonyl (C=O) groups is 1. The summed E-state index contributed by atoms with van der Waals surface area (Å²) in [7, 11) is -3.76. The molecule has 2 N–H and O–H groups in total. The molecule has 1 fully saturated rings. The number of aromatic carboxylic acids is 1. The van der Waals surface area contributed by atoms with Crippen LogP contribution in [-0.2, 0) is 10.2 Å². The first-order valence-corrected chi connectivity index (χ1v) is 7.82. The lowest BCUT2D eigenvalue weighted by atomic mass is 10.1. The van der Waals surface area contributed by atoms with Crippen molar-refractivity contribution in [3.8, 4) is 0 Å². The van der Waals surface area contributed by atoms with Crippen LogP contribution in [0.25, 0.3) is 0 Å². The number of nitrogens with one attached hydrogen (secondary N) is 1. The maximum absolute atomic E-state index is 12.3. The molecule has 110 valence electrons. The van der Waals surface area contributed by atoms with Crippen LogP contribution in [0.1, 0.15) is 36.5 Å². The van der Waals surface area contributed by atoms with Crippen molar-refractivity contribution in [1.82, 2.24) is 9.29 Å². The van der Waals surface area contributed by atoms with Gasteiger partial charge >= 0.3 is 16.2 Å². The van der Waals surface area contributed by atoms with E-state index in [-0.39, 0.29) is 17.3 Å². The molecular formula is C12H17N3O4S. The standard InChI is InChI=1S/C12H17N3O4S/c1-9-4-2-3-7-15(9)20(18,19)14-11-8-13-6-5-10(11)12(16)17/h5-6,8-9,14H,2-4,7H2,1H3,(H,16,17). The second-order valence-corrected chi connectivity index (χ2v) is 6.41. The third kappa shape index (κ3) is 3.07. The lowest BCUT2D eigenvalue weighted by Gasteiger charge is -2.32. The van der Waals surface area contributed by atoms with Gasteiger partial charge in [-0.2, -0.15) is 12.7 Å². The zero-order valence-electron chi connectivity index (χ0n) is 11.1. The van der Waals surface area contributed by atoms with Crippen molar-refractivity contribution in [2.75, 3.05) is 11.3 Å². The van der Waals surface area contributed by atoms with E-state index in [1.807, 2.05) is 6.92 Å². The number of hydrogen-bond donors (Lipinski definition) is 2. The van der Waals surface area contributed by atoms with Crippen LogP contribution in [-0.4, -0.2) is 41.4 Å². The number of aromatic nitrogens is 1. The summed E-state index contributed by atoms with van der Waals surface area (Å²) < 4.78 is 28.4. The smallest absolute Gasteiger partial charge is 0.337 e. The number of carboxylic acid groups (broad SMARTS) is 1. The first-order chi connectivity index (χ1) is 9.42. The Labute approximate surface area is 117 Å². The van der Waals surface area contributed by atoms with Crippen molar-refractivity contribution < 1.29 is 18.3 Å². The average Bonchev–Trinajstić information content (AvgIpc) is 2.39. The van der Waals surface area contributed by atoms with Crippen molar-refractivity contribution in [3.63, 3.8) is 0 Å². The van der Waals surface area contributed by atoms with E-state index in [1.54, 1.807) is 0 Å². The summed E-state index contributed by atoms with van der Waals surface area (Å²) in [4.78, 5) is 14.8. The minimum absolute atomic E-state index is 0.0160. The fourth-order valence-electron chi connectivity index (χ4n) is 2.29. The van der Waals surface area contributed by atoms with E-state index in [2.05, 4.69) is 9.71 Å². The molecule has 1 saturated heterocycles. The molecule has 1 aliphatic heterocycles. The van der Waals surface area contributed by atoms with E-state index in [9.17, 15) is 13.2 Å². The number of anilines is 1. The molecule has 1 unspecified atom stereocenters. The Morgan fingerprint density at radius 1 is 1.50 bits per heavy atom. The summed E-state index contributed by atoms with van der Waals surface area (Å²) in [5.41, 5.74) is -0.133. The Balaban J connectivity index is 2.26. The molecule has 8 heteroatoms. The third-order valence-corrected chi connectivity index (χ3v) is 4.98. The van der Waals surface area contributed by atoms with Crippen molar-refractivity contribution >= 4 is 21.9 Å². The van der Waals surface area contributed by atoms with Gasteiger partial charge in [0.05, 0.1) is 17.4 Å². The molecule has 0 aliphatic carbocycles. The van der Waals surface area contributed by atoms with E-state index < -0.39 is 16.2 Å². The fourth-order valence-corrected chi connectivity index (χ4v) is 3.80. The highest BCUT2D eigenvalue weighted by atomic mass is 32.2. The number of hydrogen-bond acceptors (Lipinski definition) is 4. The van der Waals surface area contributed by atoms with Gasteiger partial charge in [0.1, 0.15) is 0 Å². The molecule has 1 atom stereocenters. The number of nitrogens with zero attached hydrogens (tertiary/aromatic N) is 2. The van der Waals surface area contributed by atoms with E-state index in [1.165, 1.54) is 22.8 Å². The van der Waals surface area contributed by atoms with Gasteiger partial charge in [-0.05, 0) is 25.8 Å². The van der Waals surface area contributed by atoms with Crippen molar-refractivity contribution in [3.05, 3.63) is 24.0 Å². The van der Waals surface area contributed by atoms with Crippen LogP contribution in [0.3, 0.4) is 0 Å². The monoisotopic (exact) mass is 299 g/mol. The second kappa shape index (κ2) is 5.76. The molecule has 2 rings (SSSR count). The minimum Gasteiger partial charge on any atom is -0.478 e. The highest BCUT2D eigenvalue weighted by Gasteiger charge is 2.30. The Hall–Kier alpha value is -1.67. The Morgan fingerprint density at radius 2 is 2.25 bits per heavy atom. The summed E-state index contributed by atoms with van der Waals surface area (Å²) in [6, 6.07) is 1.17. The number of piperidine rings is 1. The number of carboxylic acids is 1. The van der Waals surface area contributed by atoms with E-state index >= 15 is 0 Å². The first-order valence-electron chi connectivity index (χ1n) is 6.38. The largest absolute Gasteiger partial charge is 0.478 e. The molecule has 0 bridgehead atoms. The van der Waals surface area contributed by atoms with Crippen LogP contribution in [0.2, 0.25) is 0 Å².